The lowest BCUT2D eigenvalue weighted by Gasteiger charge is -2.15. The van der Waals surface area contributed by atoms with Gasteiger partial charge in [0.2, 0.25) is 0 Å². The standard InChI is InChI=1S/C21H18Cl2N2O3S/c1-14(15-5-3-2-4-6-15)24-21(26)19-12-9-17(13-20(19)23)25-29(27,28)18-10-7-16(22)8-11-18/h2-14,25H,1H3,(H,24,26)/t14-/m1/s1. The molecule has 0 spiro atoms. The maximum atomic E-state index is 12.6. The molecule has 0 unspecified atom stereocenters. The van der Waals surface area contributed by atoms with Crippen LogP contribution in [0.25, 0.3) is 0 Å². The van der Waals surface area contributed by atoms with Crippen molar-refractivity contribution in [2.45, 2.75) is 17.9 Å². The number of halogens is 2. The van der Waals surface area contributed by atoms with Gasteiger partial charge in [0, 0.05) is 5.02 Å². The summed E-state index contributed by atoms with van der Waals surface area (Å²) < 4.78 is 27.4. The van der Waals surface area contributed by atoms with Crippen LogP contribution in [0.2, 0.25) is 10.0 Å². The minimum absolute atomic E-state index is 0.0662. The van der Waals surface area contributed by atoms with Crippen LogP contribution in [-0.4, -0.2) is 14.3 Å². The third-order valence-corrected chi connectivity index (χ3v) is 6.20. The zero-order valence-electron chi connectivity index (χ0n) is 15.4. The van der Waals surface area contributed by atoms with Gasteiger partial charge in [0.1, 0.15) is 0 Å². The van der Waals surface area contributed by atoms with Crippen molar-refractivity contribution in [2.24, 2.45) is 0 Å². The third kappa shape index (κ3) is 5.29. The summed E-state index contributed by atoms with van der Waals surface area (Å²) in [5.74, 6) is -0.349. The Bertz CT molecular complexity index is 1120. The van der Waals surface area contributed by atoms with Gasteiger partial charge in [0.05, 0.1) is 27.2 Å². The lowest BCUT2D eigenvalue weighted by Crippen LogP contribution is -2.26. The fourth-order valence-electron chi connectivity index (χ4n) is 2.69. The molecule has 0 saturated heterocycles. The summed E-state index contributed by atoms with van der Waals surface area (Å²) in [6, 6.07) is 19.5. The number of carbonyl (C=O) groups excluding carboxylic acids is 1. The van der Waals surface area contributed by atoms with Crippen LogP contribution in [0.15, 0.2) is 77.7 Å². The van der Waals surface area contributed by atoms with Crippen LogP contribution in [-0.2, 0) is 10.0 Å². The molecule has 0 aliphatic rings. The molecule has 3 aromatic carbocycles. The first-order chi connectivity index (χ1) is 13.8. The van der Waals surface area contributed by atoms with Crippen LogP contribution in [0.3, 0.4) is 0 Å². The highest BCUT2D eigenvalue weighted by atomic mass is 35.5. The highest BCUT2D eigenvalue weighted by Crippen LogP contribution is 2.24. The number of benzene rings is 3. The van der Waals surface area contributed by atoms with E-state index < -0.39 is 10.0 Å². The van der Waals surface area contributed by atoms with Crippen molar-refractivity contribution in [3.63, 3.8) is 0 Å². The van der Waals surface area contributed by atoms with Crippen molar-refractivity contribution in [3.8, 4) is 0 Å². The van der Waals surface area contributed by atoms with Crippen LogP contribution in [0.5, 0.6) is 0 Å². The molecular formula is C21H18Cl2N2O3S. The van der Waals surface area contributed by atoms with E-state index >= 15 is 0 Å². The number of amides is 1. The Kier molecular flexibility index (Phi) is 6.47. The van der Waals surface area contributed by atoms with Crippen molar-refractivity contribution < 1.29 is 13.2 Å². The first-order valence-corrected chi connectivity index (χ1v) is 10.9. The maximum Gasteiger partial charge on any atom is 0.261 e. The van der Waals surface area contributed by atoms with E-state index in [1.165, 1.54) is 42.5 Å². The highest BCUT2D eigenvalue weighted by Gasteiger charge is 2.17. The Labute approximate surface area is 179 Å². The molecule has 29 heavy (non-hydrogen) atoms. The molecule has 8 heteroatoms. The van der Waals surface area contributed by atoms with Crippen LogP contribution < -0.4 is 10.0 Å². The zero-order chi connectivity index (χ0) is 21.0. The van der Waals surface area contributed by atoms with Crippen molar-refractivity contribution in [2.75, 3.05) is 4.72 Å². The molecule has 150 valence electrons. The second-order valence-electron chi connectivity index (χ2n) is 6.36. The molecule has 0 aromatic heterocycles. The summed E-state index contributed by atoms with van der Waals surface area (Å²) in [6.45, 7) is 1.87. The quantitative estimate of drug-likeness (QED) is 0.537. The third-order valence-electron chi connectivity index (χ3n) is 4.24. The molecule has 5 nitrogen and oxygen atoms in total. The summed E-state index contributed by atoms with van der Waals surface area (Å²) in [7, 11) is -3.80. The lowest BCUT2D eigenvalue weighted by atomic mass is 10.1. The number of hydrogen-bond donors (Lipinski definition) is 2. The lowest BCUT2D eigenvalue weighted by molar-refractivity contribution is 0.0940. The topological polar surface area (TPSA) is 75.3 Å². The van der Waals surface area contributed by atoms with Crippen molar-refractivity contribution >= 4 is 44.8 Å². The van der Waals surface area contributed by atoms with Gasteiger partial charge in [-0.1, -0.05) is 53.5 Å². The first kappa shape index (κ1) is 21.2. The Morgan fingerprint density at radius 2 is 1.59 bits per heavy atom. The summed E-state index contributed by atoms with van der Waals surface area (Å²) in [4.78, 5) is 12.6. The number of anilines is 1. The second-order valence-corrected chi connectivity index (χ2v) is 8.89. The molecule has 0 fully saturated rings. The molecule has 2 N–H and O–H groups in total. The second kappa shape index (κ2) is 8.86. The monoisotopic (exact) mass is 448 g/mol. The van der Waals surface area contributed by atoms with E-state index in [1.54, 1.807) is 0 Å². The summed E-state index contributed by atoms with van der Waals surface area (Å²) >= 11 is 12.0. The van der Waals surface area contributed by atoms with E-state index in [0.29, 0.717) is 5.02 Å². The molecule has 3 aromatic rings. The van der Waals surface area contributed by atoms with Gasteiger partial charge >= 0.3 is 0 Å². The van der Waals surface area contributed by atoms with Gasteiger partial charge in [-0.2, -0.15) is 0 Å². The van der Waals surface area contributed by atoms with E-state index in [0.717, 1.165) is 5.56 Å². The Hall–Kier alpha value is -2.54. The van der Waals surface area contributed by atoms with Gasteiger partial charge in [-0.3, -0.25) is 9.52 Å². The SMILES string of the molecule is C[C@@H](NC(=O)c1ccc(NS(=O)(=O)c2ccc(Cl)cc2)cc1Cl)c1ccccc1. The molecule has 0 saturated carbocycles. The van der Waals surface area contributed by atoms with E-state index in [4.69, 9.17) is 23.2 Å². The molecule has 1 amide bonds. The summed E-state index contributed by atoms with van der Waals surface area (Å²) in [5, 5.41) is 3.45. The summed E-state index contributed by atoms with van der Waals surface area (Å²) in [5.41, 5.74) is 1.46. The van der Waals surface area contributed by atoms with Crippen LogP contribution in [0, 0.1) is 0 Å². The van der Waals surface area contributed by atoms with Crippen molar-refractivity contribution in [1.29, 1.82) is 0 Å². The van der Waals surface area contributed by atoms with E-state index in [1.807, 2.05) is 37.3 Å². The van der Waals surface area contributed by atoms with E-state index in [9.17, 15) is 13.2 Å². The first-order valence-electron chi connectivity index (χ1n) is 8.70. The smallest absolute Gasteiger partial charge is 0.261 e. The number of carbonyl (C=O) groups is 1. The van der Waals surface area contributed by atoms with Gasteiger partial charge in [0.15, 0.2) is 0 Å². The predicted molar refractivity (Wildman–Crippen MR) is 116 cm³/mol. The Morgan fingerprint density at radius 3 is 2.21 bits per heavy atom. The van der Waals surface area contributed by atoms with Crippen molar-refractivity contribution in [3.05, 3.63) is 94.0 Å². The Morgan fingerprint density at radius 1 is 0.931 bits per heavy atom. The van der Waals surface area contributed by atoms with Gasteiger partial charge < -0.3 is 5.32 Å². The summed E-state index contributed by atoms with van der Waals surface area (Å²) in [6.07, 6.45) is 0. The zero-order valence-corrected chi connectivity index (χ0v) is 17.7. The van der Waals surface area contributed by atoms with Crippen LogP contribution in [0.1, 0.15) is 28.9 Å². The average molecular weight is 449 g/mol. The predicted octanol–water partition coefficient (Wildman–Crippen LogP) is 5.29. The molecular weight excluding hydrogens is 431 g/mol. The number of nitrogens with one attached hydrogen (secondary N) is 2. The minimum atomic E-state index is -3.80. The average Bonchev–Trinajstić information content (AvgIpc) is 2.68. The van der Waals surface area contributed by atoms with Gasteiger partial charge in [-0.25, -0.2) is 8.42 Å². The maximum absolute atomic E-state index is 12.6. The molecule has 0 bridgehead atoms. The fraction of sp³-hybridized carbons (Fsp3) is 0.0952. The molecule has 3 rings (SSSR count). The largest absolute Gasteiger partial charge is 0.345 e. The van der Waals surface area contributed by atoms with Gasteiger partial charge in [-0.05, 0) is 55.0 Å². The number of rotatable bonds is 6. The van der Waals surface area contributed by atoms with E-state index in [-0.39, 0.29) is 33.1 Å². The molecule has 1 atom stereocenters. The van der Waals surface area contributed by atoms with Crippen LogP contribution in [0.4, 0.5) is 5.69 Å². The highest BCUT2D eigenvalue weighted by molar-refractivity contribution is 7.92. The Balaban J connectivity index is 1.74. The molecule has 0 heterocycles. The van der Waals surface area contributed by atoms with Crippen LogP contribution >= 0.6 is 23.2 Å². The van der Waals surface area contributed by atoms with Crippen molar-refractivity contribution in [1.82, 2.24) is 5.32 Å². The van der Waals surface area contributed by atoms with Gasteiger partial charge in [0.25, 0.3) is 15.9 Å². The normalized spacial score (nSPS) is 12.2. The number of sulfonamides is 1. The van der Waals surface area contributed by atoms with Gasteiger partial charge in [-0.15, -0.1) is 0 Å². The minimum Gasteiger partial charge on any atom is -0.345 e. The number of hydrogen-bond acceptors (Lipinski definition) is 3. The fourth-order valence-corrected chi connectivity index (χ4v) is 4.13. The molecule has 0 aliphatic carbocycles. The van der Waals surface area contributed by atoms with E-state index in [2.05, 4.69) is 10.0 Å². The molecule has 0 radical (unpaired) electrons. The molecule has 0 aliphatic heterocycles.